The van der Waals surface area contributed by atoms with Crippen LogP contribution in [0.15, 0.2) is 17.3 Å². The van der Waals surface area contributed by atoms with Crippen molar-refractivity contribution >= 4 is 5.96 Å². The van der Waals surface area contributed by atoms with Gasteiger partial charge in [-0.1, -0.05) is 0 Å². The van der Waals surface area contributed by atoms with Gasteiger partial charge in [-0.3, -0.25) is 9.67 Å². The summed E-state index contributed by atoms with van der Waals surface area (Å²) < 4.78 is 1.85. The fourth-order valence-electron chi connectivity index (χ4n) is 1.58. The lowest BCUT2D eigenvalue weighted by atomic mass is 10.3. The maximum Gasteiger partial charge on any atom is 0.191 e. The number of likely N-dealkylation sites (N-methyl/N-ethyl adjacent to an activating group) is 1. The van der Waals surface area contributed by atoms with E-state index in [2.05, 4.69) is 46.5 Å². The van der Waals surface area contributed by atoms with Crippen LogP contribution in [0.2, 0.25) is 0 Å². The van der Waals surface area contributed by atoms with Crippen LogP contribution in [0.25, 0.3) is 0 Å². The summed E-state index contributed by atoms with van der Waals surface area (Å²) in [7, 11) is 5.84. The summed E-state index contributed by atoms with van der Waals surface area (Å²) in [5, 5.41) is 10.7. The van der Waals surface area contributed by atoms with Crippen molar-refractivity contribution < 1.29 is 0 Å². The zero-order chi connectivity index (χ0) is 14.3. The van der Waals surface area contributed by atoms with Crippen molar-refractivity contribution in [3.63, 3.8) is 0 Å². The minimum Gasteiger partial charge on any atom is -0.355 e. The topological polar surface area (TPSA) is 57.5 Å². The summed E-state index contributed by atoms with van der Waals surface area (Å²) in [6.07, 6.45) is 1.80. The molecular formula is C13H26N6. The van der Waals surface area contributed by atoms with Crippen LogP contribution in [-0.4, -0.2) is 53.9 Å². The normalized spacial score (nSPS) is 12.3. The SMILES string of the molecule is CN=C(NCCN(C)C(C)C)NCc1ccnn1C. The van der Waals surface area contributed by atoms with Crippen molar-refractivity contribution in [3.05, 3.63) is 18.0 Å². The number of aromatic nitrogens is 2. The average molecular weight is 266 g/mol. The number of aryl methyl sites for hydroxylation is 1. The summed E-state index contributed by atoms with van der Waals surface area (Å²) in [4.78, 5) is 6.50. The maximum atomic E-state index is 4.21. The molecule has 0 aliphatic carbocycles. The predicted octanol–water partition coefficient (Wildman–Crippen LogP) is 0.425. The lowest BCUT2D eigenvalue weighted by Gasteiger charge is -2.21. The third-order valence-corrected chi connectivity index (χ3v) is 3.22. The predicted molar refractivity (Wildman–Crippen MR) is 79.2 cm³/mol. The van der Waals surface area contributed by atoms with Crippen molar-refractivity contribution in [3.8, 4) is 0 Å². The first-order valence-electron chi connectivity index (χ1n) is 6.66. The molecule has 0 saturated carbocycles. The minimum absolute atomic E-state index is 0.561. The van der Waals surface area contributed by atoms with Gasteiger partial charge < -0.3 is 15.5 Å². The van der Waals surface area contributed by atoms with Crippen molar-refractivity contribution in [2.75, 3.05) is 27.2 Å². The molecule has 0 aliphatic heterocycles. The zero-order valence-electron chi connectivity index (χ0n) is 12.6. The fraction of sp³-hybridized carbons (Fsp3) is 0.692. The van der Waals surface area contributed by atoms with E-state index in [1.165, 1.54) is 0 Å². The van der Waals surface area contributed by atoms with E-state index in [1.54, 1.807) is 13.2 Å². The van der Waals surface area contributed by atoms with E-state index in [-0.39, 0.29) is 0 Å². The first kappa shape index (κ1) is 15.5. The van der Waals surface area contributed by atoms with Gasteiger partial charge in [-0.05, 0) is 27.0 Å². The minimum atomic E-state index is 0.561. The number of rotatable bonds is 6. The largest absolute Gasteiger partial charge is 0.355 e. The van der Waals surface area contributed by atoms with E-state index in [9.17, 15) is 0 Å². The third-order valence-electron chi connectivity index (χ3n) is 3.22. The van der Waals surface area contributed by atoms with Gasteiger partial charge in [0.05, 0.1) is 12.2 Å². The summed E-state index contributed by atoms with van der Waals surface area (Å²) >= 11 is 0. The molecule has 0 amide bonds. The molecule has 0 aliphatic rings. The summed E-state index contributed by atoms with van der Waals surface area (Å²) in [5.41, 5.74) is 1.13. The summed E-state index contributed by atoms with van der Waals surface area (Å²) in [6, 6.07) is 2.55. The van der Waals surface area contributed by atoms with Crippen molar-refractivity contribution in [2.45, 2.75) is 26.4 Å². The van der Waals surface area contributed by atoms with Gasteiger partial charge in [0.1, 0.15) is 0 Å². The van der Waals surface area contributed by atoms with Crippen molar-refractivity contribution in [1.29, 1.82) is 0 Å². The lowest BCUT2D eigenvalue weighted by Crippen LogP contribution is -2.41. The average Bonchev–Trinajstić information content (AvgIpc) is 2.78. The molecule has 0 atom stereocenters. The molecule has 2 N–H and O–H groups in total. The molecule has 19 heavy (non-hydrogen) atoms. The van der Waals surface area contributed by atoms with Crippen LogP contribution in [0.3, 0.4) is 0 Å². The Balaban J connectivity index is 2.29. The standard InChI is InChI=1S/C13H26N6/c1-11(2)18(4)9-8-15-13(14-3)16-10-12-6-7-17-19(12)5/h6-7,11H,8-10H2,1-5H3,(H2,14,15,16). The van der Waals surface area contributed by atoms with Gasteiger partial charge in [0.25, 0.3) is 0 Å². The Morgan fingerprint density at radius 1 is 1.47 bits per heavy atom. The Morgan fingerprint density at radius 3 is 2.74 bits per heavy atom. The van der Waals surface area contributed by atoms with Crippen LogP contribution in [0.5, 0.6) is 0 Å². The fourth-order valence-corrected chi connectivity index (χ4v) is 1.58. The van der Waals surface area contributed by atoms with E-state index in [4.69, 9.17) is 0 Å². The molecule has 6 nitrogen and oxygen atoms in total. The van der Waals surface area contributed by atoms with Crippen molar-refractivity contribution in [2.24, 2.45) is 12.0 Å². The molecular weight excluding hydrogens is 240 g/mol. The Bertz CT molecular complexity index is 396. The molecule has 6 heteroatoms. The Hall–Kier alpha value is -1.56. The Kier molecular flexibility index (Phi) is 6.35. The smallest absolute Gasteiger partial charge is 0.191 e. The highest BCUT2D eigenvalue weighted by Crippen LogP contribution is 1.94. The van der Waals surface area contributed by atoms with Crippen LogP contribution in [0.1, 0.15) is 19.5 Å². The molecule has 1 aromatic rings. The number of hydrogen-bond acceptors (Lipinski definition) is 3. The molecule has 108 valence electrons. The maximum absolute atomic E-state index is 4.21. The highest BCUT2D eigenvalue weighted by Gasteiger charge is 2.04. The lowest BCUT2D eigenvalue weighted by molar-refractivity contribution is 0.278. The van der Waals surface area contributed by atoms with Gasteiger partial charge in [-0.15, -0.1) is 0 Å². The summed E-state index contributed by atoms with van der Waals surface area (Å²) in [6.45, 7) is 6.96. The number of hydrogen-bond donors (Lipinski definition) is 2. The van der Waals surface area contributed by atoms with E-state index in [0.717, 1.165) is 31.3 Å². The van der Waals surface area contributed by atoms with Crippen LogP contribution in [-0.2, 0) is 13.6 Å². The molecule has 0 spiro atoms. The number of guanidine groups is 1. The van der Waals surface area contributed by atoms with Gasteiger partial charge in [-0.25, -0.2) is 0 Å². The second-order valence-corrected chi connectivity index (χ2v) is 4.87. The molecule has 0 fully saturated rings. The monoisotopic (exact) mass is 266 g/mol. The van der Waals surface area contributed by atoms with E-state index in [0.29, 0.717) is 6.04 Å². The Labute approximate surface area is 115 Å². The number of nitrogens with zero attached hydrogens (tertiary/aromatic N) is 4. The van der Waals surface area contributed by atoms with Gasteiger partial charge in [0.15, 0.2) is 5.96 Å². The van der Waals surface area contributed by atoms with Gasteiger partial charge >= 0.3 is 0 Å². The van der Waals surface area contributed by atoms with E-state index >= 15 is 0 Å². The van der Waals surface area contributed by atoms with Gasteiger partial charge in [0.2, 0.25) is 0 Å². The molecule has 0 unspecified atom stereocenters. The summed E-state index contributed by atoms with van der Waals surface area (Å²) in [5.74, 6) is 0.818. The molecule has 0 saturated heterocycles. The van der Waals surface area contributed by atoms with Crippen LogP contribution in [0, 0.1) is 0 Å². The van der Waals surface area contributed by atoms with E-state index < -0.39 is 0 Å². The molecule has 1 aromatic heterocycles. The first-order chi connectivity index (χ1) is 9.04. The molecule has 0 aromatic carbocycles. The number of nitrogens with one attached hydrogen (secondary N) is 2. The first-order valence-corrected chi connectivity index (χ1v) is 6.66. The third kappa shape index (κ3) is 5.30. The van der Waals surface area contributed by atoms with Crippen molar-refractivity contribution in [1.82, 2.24) is 25.3 Å². The molecule has 0 bridgehead atoms. The Morgan fingerprint density at radius 2 is 2.21 bits per heavy atom. The van der Waals surface area contributed by atoms with Crippen LogP contribution >= 0.6 is 0 Å². The quantitative estimate of drug-likeness (QED) is 0.579. The zero-order valence-corrected chi connectivity index (χ0v) is 12.6. The van der Waals surface area contributed by atoms with Crippen LogP contribution in [0.4, 0.5) is 0 Å². The highest BCUT2D eigenvalue weighted by molar-refractivity contribution is 5.79. The second kappa shape index (κ2) is 7.78. The molecule has 1 rings (SSSR count). The van der Waals surface area contributed by atoms with E-state index in [1.807, 2.05) is 17.8 Å². The second-order valence-electron chi connectivity index (χ2n) is 4.87. The van der Waals surface area contributed by atoms with Gasteiger partial charge in [-0.2, -0.15) is 5.10 Å². The molecule has 0 radical (unpaired) electrons. The van der Waals surface area contributed by atoms with Gasteiger partial charge in [0, 0.05) is 39.4 Å². The number of aliphatic imine (C=N–C) groups is 1. The van der Waals surface area contributed by atoms with Crippen LogP contribution < -0.4 is 10.6 Å². The highest BCUT2D eigenvalue weighted by atomic mass is 15.3. The molecule has 1 heterocycles.